The van der Waals surface area contributed by atoms with Gasteiger partial charge in [0.25, 0.3) is 11.8 Å². The molecule has 0 fully saturated rings. The van der Waals surface area contributed by atoms with Gasteiger partial charge in [-0.2, -0.15) is 0 Å². The summed E-state index contributed by atoms with van der Waals surface area (Å²) in [6.45, 7) is 0.363. The average Bonchev–Trinajstić information content (AvgIpc) is 2.69. The van der Waals surface area contributed by atoms with Crippen LogP contribution in [0.4, 0.5) is 10.1 Å². The number of benzene rings is 2. The van der Waals surface area contributed by atoms with Crippen molar-refractivity contribution in [3.05, 3.63) is 95.6 Å². The van der Waals surface area contributed by atoms with Gasteiger partial charge in [-0.05, 0) is 48.0 Å². The third kappa shape index (κ3) is 4.30. The van der Waals surface area contributed by atoms with Crippen molar-refractivity contribution in [3.63, 3.8) is 0 Å². The first-order valence-corrected chi connectivity index (χ1v) is 7.96. The van der Waals surface area contributed by atoms with E-state index in [0.717, 1.165) is 5.56 Å². The van der Waals surface area contributed by atoms with Crippen LogP contribution in [0.5, 0.6) is 0 Å². The number of carbonyl (C=O) groups is 2. The van der Waals surface area contributed by atoms with E-state index in [1.165, 1.54) is 24.3 Å². The van der Waals surface area contributed by atoms with Crippen LogP contribution in [-0.4, -0.2) is 16.8 Å². The van der Waals surface area contributed by atoms with Crippen LogP contribution >= 0.6 is 0 Å². The van der Waals surface area contributed by atoms with Crippen molar-refractivity contribution in [1.82, 2.24) is 10.3 Å². The molecule has 0 atom stereocenters. The van der Waals surface area contributed by atoms with Crippen molar-refractivity contribution < 1.29 is 14.0 Å². The van der Waals surface area contributed by atoms with Crippen LogP contribution in [0.3, 0.4) is 0 Å². The van der Waals surface area contributed by atoms with Gasteiger partial charge in [0.1, 0.15) is 5.82 Å². The molecule has 3 rings (SSSR count). The molecular weight excluding hydrogens is 333 g/mol. The third-order valence-electron chi connectivity index (χ3n) is 3.71. The maximum atomic E-state index is 13.6. The van der Waals surface area contributed by atoms with Gasteiger partial charge in [0.05, 0.1) is 5.69 Å². The van der Waals surface area contributed by atoms with E-state index in [4.69, 9.17) is 0 Å². The van der Waals surface area contributed by atoms with E-state index in [2.05, 4.69) is 15.6 Å². The number of hydrogen-bond donors (Lipinski definition) is 2. The maximum absolute atomic E-state index is 13.6. The van der Waals surface area contributed by atoms with Crippen LogP contribution in [0.25, 0.3) is 0 Å². The lowest BCUT2D eigenvalue weighted by Crippen LogP contribution is -2.23. The monoisotopic (exact) mass is 349 g/mol. The maximum Gasteiger partial charge on any atom is 0.255 e. The zero-order chi connectivity index (χ0) is 18.4. The molecule has 130 valence electrons. The molecule has 0 unspecified atom stereocenters. The first kappa shape index (κ1) is 17.3. The Kier molecular flexibility index (Phi) is 5.34. The minimum atomic E-state index is -0.507. The standard InChI is InChI=1S/C20H16FN3O2/c21-17-5-1-2-6-18(17)24-20(26)16-9-7-15(8-10-16)19(25)23-13-14-4-3-11-22-12-14/h1-12H,13H2,(H,23,25)(H,24,26). The van der Waals surface area contributed by atoms with Gasteiger partial charge in [-0.1, -0.05) is 18.2 Å². The van der Waals surface area contributed by atoms with Crippen LogP contribution in [0, 0.1) is 5.82 Å². The van der Waals surface area contributed by atoms with E-state index in [0.29, 0.717) is 17.7 Å². The number of carbonyl (C=O) groups excluding carboxylic acids is 2. The van der Waals surface area contributed by atoms with Gasteiger partial charge in [0.2, 0.25) is 0 Å². The van der Waals surface area contributed by atoms with Crippen LogP contribution in [-0.2, 0) is 6.54 Å². The fourth-order valence-electron chi connectivity index (χ4n) is 2.32. The Morgan fingerprint density at radius 1 is 0.885 bits per heavy atom. The van der Waals surface area contributed by atoms with Crippen molar-refractivity contribution in [1.29, 1.82) is 0 Å². The average molecular weight is 349 g/mol. The number of aromatic nitrogens is 1. The number of para-hydroxylation sites is 1. The van der Waals surface area contributed by atoms with Gasteiger partial charge in [-0.3, -0.25) is 14.6 Å². The van der Waals surface area contributed by atoms with E-state index in [-0.39, 0.29) is 11.6 Å². The summed E-state index contributed by atoms with van der Waals surface area (Å²) in [6, 6.07) is 15.7. The van der Waals surface area contributed by atoms with Crippen molar-refractivity contribution in [3.8, 4) is 0 Å². The summed E-state index contributed by atoms with van der Waals surface area (Å²) in [4.78, 5) is 28.3. The lowest BCUT2D eigenvalue weighted by molar-refractivity contribution is 0.0949. The highest BCUT2D eigenvalue weighted by atomic mass is 19.1. The Labute approximate surface area is 149 Å². The van der Waals surface area contributed by atoms with E-state index in [1.807, 2.05) is 6.07 Å². The zero-order valence-corrected chi connectivity index (χ0v) is 13.8. The highest BCUT2D eigenvalue weighted by Crippen LogP contribution is 2.14. The summed E-state index contributed by atoms with van der Waals surface area (Å²) in [5, 5.41) is 5.28. The van der Waals surface area contributed by atoms with Gasteiger partial charge in [0.15, 0.2) is 0 Å². The minimum Gasteiger partial charge on any atom is -0.348 e. The van der Waals surface area contributed by atoms with Crippen molar-refractivity contribution in [2.75, 3.05) is 5.32 Å². The van der Waals surface area contributed by atoms with Gasteiger partial charge >= 0.3 is 0 Å². The summed E-state index contributed by atoms with van der Waals surface area (Å²) in [6.07, 6.45) is 3.34. The lowest BCUT2D eigenvalue weighted by Gasteiger charge is -2.08. The van der Waals surface area contributed by atoms with E-state index >= 15 is 0 Å². The van der Waals surface area contributed by atoms with E-state index < -0.39 is 11.7 Å². The molecule has 2 N–H and O–H groups in total. The highest BCUT2D eigenvalue weighted by molar-refractivity contribution is 6.05. The second-order valence-corrected chi connectivity index (χ2v) is 5.56. The predicted molar refractivity (Wildman–Crippen MR) is 96.2 cm³/mol. The largest absolute Gasteiger partial charge is 0.348 e. The van der Waals surface area contributed by atoms with Gasteiger partial charge in [-0.25, -0.2) is 4.39 Å². The molecule has 2 aromatic carbocycles. The molecule has 1 heterocycles. The Balaban J connectivity index is 1.61. The molecule has 0 aliphatic carbocycles. The summed E-state index contributed by atoms with van der Waals surface area (Å²) in [5.74, 6) is -1.21. The molecule has 3 aromatic rings. The number of nitrogens with zero attached hydrogens (tertiary/aromatic N) is 1. The topological polar surface area (TPSA) is 71.1 Å². The van der Waals surface area contributed by atoms with Crippen LogP contribution in [0.2, 0.25) is 0 Å². The van der Waals surface area contributed by atoms with Crippen LogP contribution < -0.4 is 10.6 Å². The Bertz CT molecular complexity index is 912. The molecule has 1 aromatic heterocycles. The van der Waals surface area contributed by atoms with Crippen molar-refractivity contribution in [2.24, 2.45) is 0 Å². The minimum absolute atomic E-state index is 0.107. The first-order chi connectivity index (χ1) is 12.6. The van der Waals surface area contributed by atoms with Gasteiger partial charge < -0.3 is 10.6 Å². The summed E-state index contributed by atoms with van der Waals surface area (Å²) >= 11 is 0. The number of rotatable bonds is 5. The lowest BCUT2D eigenvalue weighted by atomic mass is 10.1. The van der Waals surface area contributed by atoms with Crippen molar-refractivity contribution in [2.45, 2.75) is 6.54 Å². The smallest absolute Gasteiger partial charge is 0.255 e. The Morgan fingerprint density at radius 3 is 2.23 bits per heavy atom. The number of amides is 2. The second-order valence-electron chi connectivity index (χ2n) is 5.56. The molecule has 0 aliphatic rings. The van der Waals surface area contributed by atoms with E-state index in [9.17, 15) is 14.0 Å². The predicted octanol–water partition coefficient (Wildman–Crippen LogP) is 3.40. The summed E-state index contributed by atoms with van der Waals surface area (Å²) in [7, 11) is 0. The number of hydrogen-bond acceptors (Lipinski definition) is 3. The molecule has 0 radical (unpaired) electrons. The second kappa shape index (κ2) is 8.02. The number of nitrogens with one attached hydrogen (secondary N) is 2. The molecule has 0 bridgehead atoms. The quantitative estimate of drug-likeness (QED) is 0.742. The molecule has 5 nitrogen and oxygen atoms in total. The van der Waals surface area contributed by atoms with Crippen molar-refractivity contribution >= 4 is 17.5 Å². The fraction of sp³-hybridized carbons (Fsp3) is 0.0500. The number of anilines is 1. The molecular formula is C20H16FN3O2. The molecule has 2 amide bonds. The SMILES string of the molecule is O=C(NCc1cccnc1)c1ccc(C(=O)Nc2ccccc2F)cc1. The summed E-state index contributed by atoms with van der Waals surface area (Å²) in [5.41, 5.74) is 1.76. The molecule has 26 heavy (non-hydrogen) atoms. The third-order valence-corrected chi connectivity index (χ3v) is 3.71. The Morgan fingerprint density at radius 2 is 1.58 bits per heavy atom. The number of halogens is 1. The molecule has 0 aliphatic heterocycles. The molecule has 0 spiro atoms. The van der Waals surface area contributed by atoms with Crippen LogP contribution in [0.1, 0.15) is 26.3 Å². The zero-order valence-electron chi connectivity index (χ0n) is 13.8. The summed E-state index contributed by atoms with van der Waals surface area (Å²) < 4.78 is 13.6. The van der Waals surface area contributed by atoms with Gasteiger partial charge in [0, 0.05) is 30.1 Å². The molecule has 6 heteroatoms. The fourth-order valence-corrected chi connectivity index (χ4v) is 2.32. The molecule has 0 saturated carbocycles. The number of pyridine rings is 1. The molecule has 0 saturated heterocycles. The van der Waals surface area contributed by atoms with Gasteiger partial charge in [-0.15, -0.1) is 0 Å². The normalized spacial score (nSPS) is 10.2. The highest BCUT2D eigenvalue weighted by Gasteiger charge is 2.11. The van der Waals surface area contributed by atoms with Crippen LogP contribution in [0.15, 0.2) is 73.1 Å². The Hall–Kier alpha value is -3.54. The first-order valence-electron chi connectivity index (χ1n) is 7.96. The van der Waals surface area contributed by atoms with E-state index in [1.54, 1.807) is 42.7 Å².